The first kappa shape index (κ1) is 13.1. The van der Waals surface area contributed by atoms with Crippen LogP contribution in [0.25, 0.3) is 0 Å². The molecule has 100 valence electrons. The lowest BCUT2D eigenvalue weighted by atomic mass is 10.2. The van der Waals surface area contributed by atoms with Crippen LogP contribution in [0, 0.1) is 0 Å². The molecule has 2 aromatic rings. The monoisotopic (exact) mass is 261 g/mol. The Labute approximate surface area is 110 Å². The van der Waals surface area contributed by atoms with Crippen molar-refractivity contribution in [3.63, 3.8) is 0 Å². The molecule has 0 amide bonds. The summed E-state index contributed by atoms with van der Waals surface area (Å²) >= 11 is 0. The fourth-order valence-corrected chi connectivity index (χ4v) is 1.57. The minimum absolute atomic E-state index is 0.189. The van der Waals surface area contributed by atoms with Gasteiger partial charge >= 0.3 is 0 Å². The number of rotatable bonds is 5. The molecule has 0 saturated carbocycles. The highest BCUT2D eigenvalue weighted by Crippen LogP contribution is 2.10. The Morgan fingerprint density at radius 3 is 2.68 bits per heavy atom. The molecule has 0 spiro atoms. The number of hydrogen-bond acceptors (Lipinski definition) is 5. The van der Waals surface area contributed by atoms with Crippen LogP contribution < -0.4 is 16.0 Å². The van der Waals surface area contributed by atoms with E-state index < -0.39 is 0 Å². The second-order valence-electron chi connectivity index (χ2n) is 3.99. The zero-order chi connectivity index (χ0) is 13.7. The topological polar surface area (TPSA) is 90.4 Å². The Balaban J connectivity index is 2.13. The zero-order valence-electron chi connectivity index (χ0n) is 10.3. The van der Waals surface area contributed by atoms with E-state index in [1.807, 2.05) is 0 Å². The predicted octanol–water partition coefficient (Wildman–Crippen LogP) is 0.335. The van der Waals surface area contributed by atoms with Crippen LogP contribution in [0.4, 0.5) is 0 Å². The van der Waals surface area contributed by atoms with E-state index in [0.29, 0.717) is 25.4 Å². The zero-order valence-corrected chi connectivity index (χ0v) is 10.3. The highest BCUT2D eigenvalue weighted by molar-refractivity contribution is 5.26. The van der Waals surface area contributed by atoms with Crippen molar-refractivity contribution in [3.8, 4) is 11.5 Å². The number of nitrogens with two attached hydrogens (primary N) is 1. The fourth-order valence-electron chi connectivity index (χ4n) is 1.57. The van der Waals surface area contributed by atoms with Gasteiger partial charge in [-0.25, -0.2) is 4.68 Å². The van der Waals surface area contributed by atoms with Crippen LogP contribution in [0.5, 0.6) is 11.5 Å². The van der Waals surface area contributed by atoms with E-state index in [0.717, 1.165) is 5.56 Å². The summed E-state index contributed by atoms with van der Waals surface area (Å²) in [5, 5.41) is 13.2. The van der Waals surface area contributed by atoms with Crippen molar-refractivity contribution < 1.29 is 9.84 Å². The molecule has 1 aromatic heterocycles. The van der Waals surface area contributed by atoms with Gasteiger partial charge in [0.1, 0.15) is 18.1 Å². The Morgan fingerprint density at radius 2 is 2.05 bits per heavy atom. The SMILES string of the molecule is NCCOc1cnn(Cc2ccc(O)cc2)c(=O)c1. The van der Waals surface area contributed by atoms with Gasteiger partial charge in [0.25, 0.3) is 5.56 Å². The molecule has 6 nitrogen and oxygen atoms in total. The number of aromatic hydroxyl groups is 1. The first-order valence-electron chi connectivity index (χ1n) is 5.87. The number of aromatic nitrogens is 2. The largest absolute Gasteiger partial charge is 0.508 e. The molecule has 0 radical (unpaired) electrons. The van der Waals surface area contributed by atoms with Crippen molar-refractivity contribution in [2.45, 2.75) is 6.54 Å². The second kappa shape index (κ2) is 6.01. The quantitative estimate of drug-likeness (QED) is 0.809. The summed E-state index contributed by atoms with van der Waals surface area (Å²) in [4.78, 5) is 11.8. The molecule has 1 heterocycles. The Kier molecular flexibility index (Phi) is 4.15. The first-order valence-corrected chi connectivity index (χ1v) is 5.87. The molecule has 0 saturated heterocycles. The third-order valence-electron chi connectivity index (χ3n) is 2.50. The van der Waals surface area contributed by atoms with Crippen molar-refractivity contribution in [2.75, 3.05) is 13.2 Å². The van der Waals surface area contributed by atoms with Gasteiger partial charge in [0.05, 0.1) is 12.7 Å². The lowest BCUT2D eigenvalue weighted by Gasteiger charge is -2.07. The third kappa shape index (κ3) is 3.56. The highest BCUT2D eigenvalue weighted by Gasteiger charge is 2.02. The molecular formula is C13H15N3O3. The maximum absolute atomic E-state index is 11.8. The Morgan fingerprint density at radius 1 is 1.32 bits per heavy atom. The Hall–Kier alpha value is -2.34. The van der Waals surface area contributed by atoms with E-state index in [1.54, 1.807) is 24.3 Å². The average molecular weight is 261 g/mol. The normalized spacial score (nSPS) is 10.4. The minimum Gasteiger partial charge on any atom is -0.508 e. The molecule has 0 unspecified atom stereocenters. The van der Waals surface area contributed by atoms with Gasteiger partial charge < -0.3 is 15.6 Å². The molecule has 0 atom stereocenters. The van der Waals surface area contributed by atoms with Crippen LogP contribution in [-0.4, -0.2) is 28.0 Å². The third-order valence-corrected chi connectivity index (χ3v) is 2.50. The molecule has 0 bridgehead atoms. The number of phenolic OH excluding ortho intramolecular Hbond substituents is 1. The summed E-state index contributed by atoms with van der Waals surface area (Å²) in [7, 11) is 0. The number of phenols is 1. The van der Waals surface area contributed by atoms with E-state index >= 15 is 0 Å². The average Bonchev–Trinajstić information content (AvgIpc) is 2.41. The van der Waals surface area contributed by atoms with Crippen molar-refractivity contribution >= 4 is 0 Å². The summed E-state index contributed by atoms with van der Waals surface area (Å²) in [6.45, 7) is 1.08. The minimum atomic E-state index is -0.248. The van der Waals surface area contributed by atoms with Crippen LogP contribution in [0.3, 0.4) is 0 Å². The van der Waals surface area contributed by atoms with E-state index in [1.165, 1.54) is 16.9 Å². The molecule has 0 aliphatic carbocycles. The highest BCUT2D eigenvalue weighted by atomic mass is 16.5. The molecule has 0 aliphatic rings. The van der Waals surface area contributed by atoms with Crippen molar-refractivity contribution in [1.29, 1.82) is 0 Å². The van der Waals surface area contributed by atoms with Crippen molar-refractivity contribution in [1.82, 2.24) is 9.78 Å². The fraction of sp³-hybridized carbons (Fsp3) is 0.231. The van der Waals surface area contributed by atoms with Gasteiger partial charge in [-0.2, -0.15) is 5.10 Å². The smallest absolute Gasteiger partial charge is 0.270 e. The van der Waals surface area contributed by atoms with Gasteiger partial charge in [-0.05, 0) is 17.7 Å². The summed E-state index contributed by atoms with van der Waals surface area (Å²) in [5.41, 5.74) is 5.94. The standard InChI is InChI=1S/C13H15N3O3/c14-5-6-19-12-7-13(18)16(15-8-12)9-10-1-3-11(17)4-2-10/h1-4,7-8,17H,5-6,9,14H2. The molecule has 1 aromatic carbocycles. The molecular weight excluding hydrogens is 246 g/mol. The molecule has 0 aliphatic heterocycles. The number of nitrogens with zero attached hydrogens (tertiary/aromatic N) is 2. The van der Waals surface area contributed by atoms with E-state index in [4.69, 9.17) is 10.5 Å². The van der Waals surface area contributed by atoms with Crippen LogP contribution >= 0.6 is 0 Å². The summed E-state index contributed by atoms with van der Waals surface area (Å²) in [5.74, 6) is 0.604. The molecule has 19 heavy (non-hydrogen) atoms. The maximum atomic E-state index is 11.8. The predicted molar refractivity (Wildman–Crippen MR) is 70.3 cm³/mol. The number of hydrogen-bond donors (Lipinski definition) is 2. The van der Waals surface area contributed by atoms with Gasteiger partial charge in [0, 0.05) is 12.6 Å². The summed E-state index contributed by atoms with van der Waals surface area (Å²) in [6, 6.07) is 7.99. The molecule has 6 heteroatoms. The second-order valence-corrected chi connectivity index (χ2v) is 3.99. The van der Waals surface area contributed by atoms with Crippen molar-refractivity contribution in [2.24, 2.45) is 5.73 Å². The molecule has 0 fully saturated rings. The Bertz CT molecular complexity index is 593. The maximum Gasteiger partial charge on any atom is 0.270 e. The van der Waals surface area contributed by atoms with Gasteiger partial charge in [-0.15, -0.1) is 0 Å². The molecule has 2 rings (SSSR count). The van der Waals surface area contributed by atoms with Crippen LogP contribution in [-0.2, 0) is 6.54 Å². The first-order chi connectivity index (χ1) is 9.19. The van der Waals surface area contributed by atoms with Gasteiger partial charge in [0.2, 0.25) is 0 Å². The van der Waals surface area contributed by atoms with E-state index in [2.05, 4.69) is 5.10 Å². The van der Waals surface area contributed by atoms with Gasteiger partial charge in [-0.1, -0.05) is 12.1 Å². The van der Waals surface area contributed by atoms with E-state index in [9.17, 15) is 9.90 Å². The van der Waals surface area contributed by atoms with Crippen LogP contribution in [0.1, 0.15) is 5.56 Å². The summed E-state index contributed by atoms with van der Waals surface area (Å²) < 4.78 is 6.54. The summed E-state index contributed by atoms with van der Waals surface area (Å²) in [6.07, 6.45) is 1.48. The van der Waals surface area contributed by atoms with Gasteiger partial charge in [-0.3, -0.25) is 4.79 Å². The lowest BCUT2D eigenvalue weighted by Crippen LogP contribution is -2.23. The van der Waals surface area contributed by atoms with Crippen LogP contribution in [0.15, 0.2) is 41.3 Å². The number of benzene rings is 1. The number of ether oxygens (including phenoxy) is 1. The van der Waals surface area contributed by atoms with Crippen LogP contribution in [0.2, 0.25) is 0 Å². The van der Waals surface area contributed by atoms with Crippen molar-refractivity contribution in [3.05, 3.63) is 52.4 Å². The lowest BCUT2D eigenvalue weighted by molar-refractivity contribution is 0.324. The van der Waals surface area contributed by atoms with Gasteiger partial charge in [0.15, 0.2) is 0 Å². The van der Waals surface area contributed by atoms with E-state index in [-0.39, 0.29) is 11.3 Å². The molecule has 3 N–H and O–H groups in total.